The van der Waals surface area contributed by atoms with Crippen LogP contribution in [0.25, 0.3) is 0 Å². The van der Waals surface area contributed by atoms with Crippen LogP contribution in [-0.2, 0) is 22.4 Å². The Balaban J connectivity index is 0.000000187. The van der Waals surface area contributed by atoms with Crippen molar-refractivity contribution in [1.29, 1.82) is 0 Å². The Bertz CT molecular complexity index is 408. The summed E-state index contributed by atoms with van der Waals surface area (Å²) in [5, 5.41) is 15.6. The molecule has 0 atom stereocenters. The molecule has 0 aliphatic heterocycles. The van der Waals surface area contributed by atoms with Crippen molar-refractivity contribution in [2.24, 2.45) is 0 Å². The van der Waals surface area contributed by atoms with E-state index in [-0.39, 0.29) is 0 Å². The molecule has 0 saturated heterocycles. The fourth-order valence-electron chi connectivity index (χ4n) is 1.82. The van der Waals surface area contributed by atoms with Crippen LogP contribution in [0.15, 0.2) is 36.4 Å². The van der Waals surface area contributed by atoms with E-state index in [9.17, 15) is 9.59 Å². The molecule has 1 aromatic rings. The molecule has 96 valence electrons. The molecule has 18 heavy (non-hydrogen) atoms. The van der Waals surface area contributed by atoms with Gasteiger partial charge in [0, 0.05) is 12.2 Å². The van der Waals surface area contributed by atoms with Gasteiger partial charge in [-0.15, -0.1) is 0 Å². The fourth-order valence-corrected chi connectivity index (χ4v) is 1.82. The van der Waals surface area contributed by atoms with E-state index >= 15 is 0 Å². The molecule has 0 aromatic heterocycles. The average Bonchev–Trinajstić information content (AvgIpc) is 2.37. The molecule has 2 rings (SSSR count). The van der Waals surface area contributed by atoms with E-state index < -0.39 is 11.9 Å². The van der Waals surface area contributed by atoms with Crippen molar-refractivity contribution in [2.75, 3.05) is 0 Å². The summed E-state index contributed by atoms with van der Waals surface area (Å²) in [6.07, 6.45) is 6.49. The molecule has 2 N–H and O–H groups in total. The summed E-state index contributed by atoms with van der Waals surface area (Å²) in [5.74, 6) is -2.51. The molecular formula is C14H16O4. The molecule has 0 unspecified atom stereocenters. The first kappa shape index (κ1) is 14.0. The van der Waals surface area contributed by atoms with Gasteiger partial charge < -0.3 is 10.2 Å². The Morgan fingerprint density at radius 3 is 1.61 bits per heavy atom. The summed E-state index contributed by atoms with van der Waals surface area (Å²) in [5.41, 5.74) is 3.16. The second-order valence-corrected chi connectivity index (χ2v) is 3.99. The topological polar surface area (TPSA) is 74.6 Å². The van der Waals surface area contributed by atoms with Gasteiger partial charge in [-0.25, -0.2) is 9.59 Å². The van der Waals surface area contributed by atoms with E-state index in [1.165, 1.54) is 25.7 Å². The Morgan fingerprint density at radius 1 is 0.889 bits per heavy atom. The lowest BCUT2D eigenvalue weighted by Crippen LogP contribution is -2.00. The lowest BCUT2D eigenvalue weighted by Gasteiger charge is -2.13. The van der Waals surface area contributed by atoms with E-state index in [4.69, 9.17) is 10.2 Å². The van der Waals surface area contributed by atoms with Crippen LogP contribution in [-0.4, -0.2) is 22.2 Å². The number of hydrogen-bond donors (Lipinski definition) is 2. The van der Waals surface area contributed by atoms with Gasteiger partial charge in [0.2, 0.25) is 0 Å². The highest BCUT2D eigenvalue weighted by atomic mass is 16.4. The van der Waals surface area contributed by atoms with Crippen molar-refractivity contribution in [3.8, 4) is 0 Å². The smallest absolute Gasteiger partial charge is 0.328 e. The maximum absolute atomic E-state index is 9.55. The number of rotatable bonds is 2. The van der Waals surface area contributed by atoms with Crippen LogP contribution in [0.4, 0.5) is 0 Å². The van der Waals surface area contributed by atoms with Crippen LogP contribution in [0.1, 0.15) is 24.0 Å². The van der Waals surface area contributed by atoms with Gasteiger partial charge in [0.25, 0.3) is 0 Å². The van der Waals surface area contributed by atoms with Gasteiger partial charge in [-0.2, -0.15) is 0 Å². The molecule has 0 bridgehead atoms. The highest BCUT2D eigenvalue weighted by Crippen LogP contribution is 2.19. The van der Waals surface area contributed by atoms with Crippen LogP contribution >= 0.6 is 0 Å². The van der Waals surface area contributed by atoms with Crippen LogP contribution in [0.5, 0.6) is 0 Å². The summed E-state index contributed by atoms with van der Waals surface area (Å²) in [6.45, 7) is 0. The number of hydrogen-bond acceptors (Lipinski definition) is 2. The van der Waals surface area contributed by atoms with E-state index in [1.807, 2.05) is 0 Å². The molecule has 1 aromatic carbocycles. The summed E-state index contributed by atoms with van der Waals surface area (Å²) >= 11 is 0. The Labute approximate surface area is 106 Å². The lowest BCUT2D eigenvalue weighted by molar-refractivity contribution is -0.134. The monoisotopic (exact) mass is 248 g/mol. The zero-order chi connectivity index (χ0) is 13.4. The zero-order valence-electron chi connectivity index (χ0n) is 10.0. The third-order valence-electron chi connectivity index (χ3n) is 2.63. The number of aliphatic carboxylic acids is 2. The predicted octanol–water partition coefficient (Wildman–Crippen LogP) is 2.28. The van der Waals surface area contributed by atoms with Gasteiger partial charge in [0.1, 0.15) is 0 Å². The van der Waals surface area contributed by atoms with Crippen molar-refractivity contribution in [3.63, 3.8) is 0 Å². The van der Waals surface area contributed by atoms with Crippen LogP contribution in [0.2, 0.25) is 0 Å². The first-order chi connectivity index (χ1) is 8.59. The minimum absolute atomic E-state index is 0.558. The SMILES string of the molecule is O=C(O)/C=C\C(=O)O.c1ccc2c(c1)CCCC2. The minimum Gasteiger partial charge on any atom is -0.478 e. The molecule has 0 saturated carbocycles. The van der Waals surface area contributed by atoms with Crippen LogP contribution in [0, 0.1) is 0 Å². The van der Waals surface area contributed by atoms with Gasteiger partial charge in [-0.05, 0) is 36.8 Å². The standard InChI is InChI=1S/C10H12.C4H4O4/c1-2-6-10-8-4-3-7-9(10)5-1;5-3(6)1-2-4(7)8/h1-2,5-6H,3-4,7-8H2;1-2H,(H,5,6)(H,7,8)/b;2-1-. The largest absolute Gasteiger partial charge is 0.478 e. The van der Waals surface area contributed by atoms with Gasteiger partial charge in [0.05, 0.1) is 0 Å². The molecule has 0 fully saturated rings. The molecule has 4 heteroatoms. The minimum atomic E-state index is -1.26. The van der Waals surface area contributed by atoms with Gasteiger partial charge >= 0.3 is 11.9 Å². The van der Waals surface area contributed by atoms with Crippen molar-refractivity contribution in [2.45, 2.75) is 25.7 Å². The first-order valence-electron chi connectivity index (χ1n) is 5.80. The van der Waals surface area contributed by atoms with Crippen LogP contribution < -0.4 is 0 Å². The number of aryl methyl sites for hydroxylation is 2. The third-order valence-corrected chi connectivity index (χ3v) is 2.63. The van der Waals surface area contributed by atoms with Gasteiger partial charge in [-0.3, -0.25) is 0 Å². The summed E-state index contributed by atoms with van der Waals surface area (Å²) in [6, 6.07) is 8.80. The zero-order valence-corrected chi connectivity index (χ0v) is 10.0. The van der Waals surface area contributed by atoms with Crippen molar-refractivity contribution in [3.05, 3.63) is 47.5 Å². The van der Waals surface area contributed by atoms with E-state index in [2.05, 4.69) is 24.3 Å². The number of carboxylic acids is 2. The summed E-state index contributed by atoms with van der Waals surface area (Å²) in [4.78, 5) is 19.1. The Hall–Kier alpha value is -2.10. The number of fused-ring (bicyclic) bond motifs is 1. The van der Waals surface area contributed by atoms with Crippen LogP contribution in [0.3, 0.4) is 0 Å². The van der Waals surface area contributed by atoms with Crippen molar-refractivity contribution in [1.82, 2.24) is 0 Å². The lowest BCUT2D eigenvalue weighted by atomic mass is 9.92. The number of carbonyl (C=O) groups is 2. The molecular weight excluding hydrogens is 232 g/mol. The second kappa shape index (κ2) is 7.27. The van der Waals surface area contributed by atoms with Crippen molar-refractivity contribution < 1.29 is 19.8 Å². The maximum atomic E-state index is 9.55. The second-order valence-electron chi connectivity index (χ2n) is 3.99. The molecule has 0 heterocycles. The quantitative estimate of drug-likeness (QED) is 0.787. The van der Waals surface area contributed by atoms with E-state index in [0.717, 1.165) is 0 Å². The Morgan fingerprint density at radius 2 is 1.28 bits per heavy atom. The summed E-state index contributed by atoms with van der Waals surface area (Å²) in [7, 11) is 0. The highest BCUT2D eigenvalue weighted by molar-refractivity contribution is 5.89. The Kier molecular flexibility index (Phi) is 5.64. The fraction of sp³-hybridized carbons (Fsp3) is 0.286. The third kappa shape index (κ3) is 5.30. The normalized spacial score (nSPS) is 13.3. The van der Waals surface area contributed by atoms with Crippen molar-refractivity contribution >= 4 is 11.9 Å². The van der Waals surface area contributed by atoms with E-state index in [0.29, 0.717) is 12.2 Å². The van der Waals surface area contributed by atoms with E-state index in [1.54, 1.807) is 11.1 Å². The van der Waals surface area contributed by atoms with Gasteiger partial charge in [-0.1, -0.05) is 24.3 Å². The molecule has 0 radical (unpaired) electrons. The first-order valence-corrected chi connectivity index (χ1v) is 5.80. The molecule has 1 aliphatic carbocycles. The maximum Gasteiger partial charge on any atom is 0.328 e. The summed E-state index contributed by atoms with van der Waals surface area (Å²) < 4.78 is 0. The highest BCUT2D eigenvalue weighted by Gasteiger charge is 2.05. The number of benzene rings is 1. The predicted molar refractivity (Wildman–Crippen MR) is 67.5 cm³/mol. The van der Waals surface area contributed by atoms with Gasteiger partial charge in [0.15, 0.2) is 0 Å². The molecule has 0 amide bonds. The number of carboxylic acid groups (broad SMARTS) is 2. The molecule has 1 aliphatic rings. The molecule has 0 spiro atoms. The molecule has 4 nitrogen and oxygen atoms in total. The average molecular weight is 248 g/mol.